The second-order valence-electron chi connectivity index (χ2n) is 6.32. The molecule has 0 saturated heterocycles. The van der Waals surface area contributed by atoms with Gasteiger partial charge in [-0.05, 0) is 56.4 Å². The second kappa shape index (κ2) is 7.36. The number of hydrogen-bond donors (Lipinski definition) is 3. The maximum Gasteiger partial charge on any atom is 0.224 e. The summed E-state index contributed by atoms with van der Waals surface area (Å²) in [5.74, 6) is 1.94. The fraction of sp³-hybridized carbons (Fsp3) is 0.444. The summed E-state index contributed by atoms with van der Waals surface area (Å²) in [5, 5.41) is 16.3. The smallest absolute Gasteiger partial charge is 0.224 e. The lowest BCUT2D eigenvalue weighted by atomic mass is 10.1. The fourth-order valence-corrected chi connectivity index (χ4v) is 3.04. The number of anilines is 3. The molecule has 3 N–H and O–H groups in total. The molecule has 6 heteroatoms. The number of halogens is 1. The normalized spacial score (nSPS) is 13.8. The van der Waals surface area contributed by atoms with Crippen LogP contribution in [0.25, 0.3) is 0 Å². The average Bonchev–Trinajstić information content (AvgIpc) is 3.36. The Kier molecular flexibility index (Phi) is 5.21. The summed E-state index contributed by atoms with van der Waals surface area (Å²) >= 11 is 6.11. The third kappa shape index (κ3) is 4.16. The highest BCUT2D eigenvalue weighted by molar-refractivity contribution is 6.30. The number of hydrogen-bond acceptors (Lipinski definition) is 5. The number of aromatic nitrogens is 2. The van der Waals surface area contributed by atoms with Gasteiger partial charge in [-0.25, -0.2) is 4.98 Å². The largest absolute Gasteiger partial charge is 0.396 e. The number of aryl methyl sites for hydroxylation is 2. The molecule has 1 saturated carbocycles. The quantitative estimate of drug-likeness (QED) is 0.657. The fourth-order valence-electron chi connectivity index (χ4n) is 2.71. The van der Waals surface area contributed by atoms with Crippen molar-refractivity contribution >= 4 is 29.1 Å². The van der Waals surface area contributed by atoms with Crippen LogP contribution in [0.3, 0.4) is 0 Å². The van der Waals surface area contributed by atoms with E-state index in [4.69, 9.17) is 16.7 Å². The third-order valence-corrected chi connectivity index (χ3v) is 4.33. The van der Waals surface area contributed by atoms with Crippen LogP contribution in [-0.4, -0.2) is 28.2 Å². The van der Waals surface area contributed by atoms with Crippen molar-refractivity contribution in [1.29, 1.82) is 0 Å². The maximum absolute atomic E-state index is 8.93. The van der Waals surface area contributed by atoms with Crippen molar-refractivity contribution in [3.05, 3.63) is 40.0 Å². The molecule has 1 aromatic carbocycles. The van der Waals surface area contributed by atoms with Crippen LogP contribution in [0.15, 0.2) is 18.2 Å². The van der Waals surface area contributed by atoms with Crippen LogP contribution in [-0.2, 0) is 0 Å². The molecule has 24 heavy (non-hydrogen) atoms. The van der Waals surface area contributed by atoms with Gasteiger partial charge >= 0.3 is 0 Å². The molecular formula is C18H23ClN4O. The van der Waals surface area contributed by atoms with Gasteiger partial charge in [0.05, 0.1) is 5.69 Å². The van der Waals surface area contributed by atoms with E-state index in [1.807, 2.05) is 32.0 Å². The van der Waals surface area contributed by atoms with Crippen LogP contribution in [0.1, 0.15) is 42.0 Å². The minimum Gasteiger partial charge on any atom is -0.396 e. The zero-order valence-corrected chi connectivity index (χ0v) is 14.8. The number of benzene rings is 1. The third-order valence-electron chi connectivity index (χ3n) is 4.11. The molecule has 0 radical (unpaired) electrons. The first-order valence-electron chi connectivity index (χ1n) is 8.34. The number of rotatable bonds is 7. The van der Waals surface area contributed by atoms with E-state index in [0.717, 1.165) is 33.3 Å². The summed E-state index contributed by atoms with van der Waals surface area (Å²) in [7, 11) is 0. The van der Waals surface area contributed by atoms with Gasteiger partial charge in [0.1, 0.15) is 5.82 Å². The second-order valence-corrected chi connectivity index (χ2v) is 6.76. The molecule has 0 bridgehead atoms. The topological polar surface area (TPSA) is 70.1 Å². The van der Waals surface area contributed by atoms with Gasteiger partial charge in [-0.1, -0.05) is 11.6 Å². The Bertz CT molecular complexity index is 708. The van der Waals surface area contributed by atoms with Gasteiger partial charge in [0.15, 0.2) is 0 Å². The lowest BCUT2D eigenvalue weighted by molar-refractivity contribution is 0.292. The minimum absolute atomic E-state index is 0.156. The molecule has 1 aromatic heterocycles. The molecule has 3 rings (SSSR count). The zero-order valence-electron chi connectivity index (χ0n) is 14.1. The Labute approximate surface area is 147 Å². The first kappa shape index (κ1) is 17.0. The van der Waals surface area contributed by atoms with Crippen molar-refractivity contribution < 1.29 is 5.11 Å². The van der Waals surface area contributed by atoms with E-state index in [9.17, 15) is 0 Å². The predicted octanol–water partition coefficient (Wildman–Crippen LogP) is 4.16. The van der Waals surface area contributed by atoms with Crippen molar-refractivity contribution in [2.75, 3.05) is 23.8 Å². The molecule has 128 valence electrons. The summed E-state index contributed by atoms with van der Waals surface area (Å²) in [4.78, 5) is 9.17. The van der Waals surface area contributed by atoms with Gasteiger partial charge in [0.25, 0.3) is 0 Å². The van der Waals surface area contributed by atoms with Crippen molar-refractivity contribution in [3.63, 3.8) is 0 Å². The van der Waals surface area contributed by atoms with Gasteiger partial charge in [0.2, 0.25) is 5.95 Å². The highest BCUT2D eigenvalue weighted by Crippen LogP contribution is 2.40. The molecule has 0 atom stereocenters. The SMILES string of the molecule is Cc1cc(Cl)cc(C)c1Nc1cc(C2CC2)nc(NCCCO)n1. The van der Waals surface area contributed by atoms with Crippen molar-refractivity contribution in [2.45, 2.75) is 39.0 Å². The maximum atomic E-state index is 8.93. The van der Waals surface area contributed by atoms with Crippen LogP contribution in [0.2, 0.25) is 5.02 Å². The number of nitrogens with zero attached hydrogens (tertiary/aromatic N) is 2. The summed E-state index contributed by atoms with van der Waals surface area (Å²) in [6.45, 7) is 4.88. The van der Waals surface area contributed by atoms with Crippen molar-refractivity contribution in [3.8, 4) is 0 Å². The van der Waals surface area contributed by atoms with Gasteiger partial charge in [-0.3, -0.25) is 0 Å². The van der Waals surface area contributed by atoms with Crippen LogP contribution in [0, 0.1) is 13.8 Å². The Hall–Kier alpha value is -1.85. The molecule has 5 nitrogen and oxygen atoms in total. The molecule has 0 aliphatic heterocycles. The Balaban J connectivity index is 1.86. The summed E-state index contributed by atoms with van der Waals surface area (Å²) < 4.78 is 0. The lowest BCUT2D eigenvalue weighted by Gasteiger charge is -2.15. The summed E-state index contributed by atoms with van der Waals surface area (Å²) in [5.41, 5.74) is 4.27. The van der Waals surface area contributed by atoms with Crippen LogP contribution >= 0.6 is 11.6 Å². The van der Waals surface area contributed by atoms with Gasteiger partial charge < -0.3 is 15.7 Å². The summed E-state index contributed by atoms with van der Waals surface area (Å²) in [6.07, 6.45) is 3.05. The van der Waals surface area contributed by atoms with E-state index < -0.39 is 0 Å². The first-order chi connectivity index (χ1) is 11.6. The molecule has 1 aliphatic carbocycles. The highest BCUT2D eigenvalue weighted by atomic mass is 35.5. The molecule has 1 heterocycles. The van der Waals surface area contributed by atoms with E-state index >= 15 is 0 Å². The molecule has 1 fully saturated rings. The Morgan fingerprint density at radius 3 is 2.50 bits per heavy atom. The van der Waals surface area contributed by atoms with E-state index in [-0.39, 0.29) is 6.61 Å². The number of nitrogens with one attached hydrogen (secondary N) is 2. The first-order valence-corrected chi connectivity index (χ1v) is 8.72. The predicted molar refractivity (Wildman–Crippen MR) is 98.4 cm³/mol. The van der Waals surface area contributed by atoms with E-state index in [1.54, 1.807) is 0 Å². The van der Waals surface area contributed by atoms with Crippen LogP contribution in [0.5, 0.6) is 0 Å². The van der Waals surface area contributed by atoms with Crippen molar-refractivity contribution in [1.82, 2.24) is 9.97 Å². The van der Waals surface area contributed by atoms with Gasteiger partial charge in [0, 0.05) is 35.8 Å². The molecule has 0 unspecified atom stereocenters. The Morgan fingerprint density at radius 1 is 1.17 bits per heavy atom. The minimum atomic E-state index is 0.156. The van der Waals surface area contributed by atoms with E-state index in [1.165, 1.54) is 12.8 Å². The van der Waals surface area contributed by atoms with E-state index in [0.29, 0.717) is 24.8 Å². The number of aliphatic hydroxyl groups is 1. The summed E-state index contributed by atoms with van der Waals surface area (Å²) in [6, 6.07) is 5.92. The number of aliphatic hydroxyl groups excluding tert-OH is 1. The van der Waals surface area contributed by atoms with E-state index in [2.05, 4.69) is 20.6 Å². The zero-order chi connectivity index (χ0) is 17.1. The molecule has 1 aliphatic rings. The molecular weight excluding hydrogens is 324 g/mol. The van der Waals surface area contributed by atoms with Crippen molar-refractivity contribution in [2.24, 2.45) is 0 Å². The molecule has 0 amide bonds. The molecule has 0 spiro atoms. The van der Waals surface area contributed by atoms with Gasteiger partial charge in [-0.15, -0.1) is 0 Å². The highest BCUT2D eigenvalue weighted by Gasteiger charge is 2.26. The molecule has 2 aromatic rings. The monoisotopic (exact) mass is 346 g/mol. The Morgan fingerprint density at radius 2 is 1.88 bits per heavy atom. The van der Waals surface area contributed by atoms with Crippen LogP contribution < -0.4 is 10.6 Å². The lowest BCUT2D eigenvalue weighted by Crippen LogP contribution is -2.09. The van der Waals surface area contributed by atoms with Crippen LogP contribution in [0.4, 0.5) is 17.5 Å². The van der Waals surface area contributed by atoms with Gasteiger partial charge in [-0.2, -0.15) is 4.98 Å². The average molecular weight is 347 g/mol. The standard InChI is InChI=1S/C18H23ClN4O/c1-11-8-14(19)9-12(2)17(11)22-16-10-15(13-4-5-13)21-18(23-16)20-6-3-7-24/h8-10,13,24H,3-7H2,1-2H3,(H2,20,21,22,23).